The molecule has 0 N–H and O–H groups in total. The molecule has 0 amide bonds. The third-order valence-corrected chi connectivity index (χ3v) is 6.44. The molecule has 0 spiro atoms. The summed E-state index contributed by atoms with van der Waals surface area (Å²) in [7, 11) is 0. The molecule has 1 nitrogen and oxygen atoms in total. The minimum atomic E-state index is 0.538. The Kier molecular flexibility index (Phi) is 4.92. The molecule has 1 saturated heterocycles. The monoisotopic (exact) mass is 300 g/mol. The highest BCUT2D eigenvalue weighted by atomic mass is 16.5. The molecule has 1 aliphatic carbocycles. The van der Waals surface area contributed by atoms with Crippen LogP contribution in [0.5, 0.6) is 0 Å². The summed E-state index contributed by atoms with van der Waals surface area (Å²) in [4.78, 5) is 0. The molecule has 1 saturated carbocycles. The molecule has 0 aromatic heterocycles. The maximum Gasteiger partial charge on any atom is 0.0603 e. The molecule has 2 aliphatic rings. The van der Waals surface area contributed by atoms with Crippen LogP contribution in [-0.4, -0.2) is 12.7 Å². The highest BCUT2D eigenvalue weighted by molar-refractivity contribution is 5.40. The van der Waals surface area contributed by atoms with Gasteiger partial charge in [-0.25, -0.2) is 0 Å². The zero-order chi connectivity index (χ0) is 15.7. The Morgan fingerprint density at radius 1 is 0.864 bits per heavy atom. The summed E-state index contributed by atoms with van der Waals surface area (Å²) in [5, 5.41) is 0. The van der Waals surface area contributed by atoms with E-state index in [9.17, 15) is 0 Å². The van der Waals surface area contributed by atoms with Gasteiger partial charge in [-0.15, -0.1) is 0 Å². The van der Waals surface area contributed by atoms with Gasteiger partial charge in [0, 0.05) is 5.92 Å². The van der Waals surface area contributed by atoms with Gasteiger partial charge in [0.25, 0.3) is 0 Å². The van der Waals surface area contributed by atoms with Crippen LogP contribution in [-0.2, 0) is 4.74 Å². The van der Waals surface area contributed by atoms with E-state index in [1.54, 1.807) is 0 Å². The van der Waals surface area contributed by atoms with Crippen molar-refractivity contribution in [2.45, 2.75) is 78.2 Å². The SMILES string of the molecule is Cc1ccc([C@@H]2CCC(C3CCC(C)CC3)OC2)c(C)c1C. The Bertz CT molecular complexity index is 503. The van der Waals surface area contributed by atoms with E-state index in [1.807, 2.05) is 0 Å². The lowest BCUT2D eigenvalue weighted by molar-refractivity contribution is -0.0428. The minimum Gasteiger partial charge on any atom is -0.377 e. The van der Waals surface area contributed by atoms with Crippen molar-refractivity contribution in [3.63, 3.8) is 0 Å². The van der Waals surface area contributed by atoms with Crippen molar-refractivity contribution < 1.29 is 4.74 Å². The first-order valence-electron chi connectivity index (χ1n) is 9.24. The predicted molar refractivity (Wildman–Crippen MR) is 93.5 cm³/mol. The van der Waals surface area contributed by atoms with E-state index in [4.69, 9.17) is 4.74 Å². The van der Waals surface area contributed by atoms with Crippen LogP contribution in [0, 0.1) is 32.6 Å². The molecule has 1 unspecified atom stereocenters. The van der Waals surface area contributed by atoms with Gasteiger partial charge in [-0.2, -0.15) is 0 Å². The first-order chi connectivity index (χ1) is 10.6. The van der Waals surface area contributed by atoms with Gasteiger partial charge in [-0.3, -0.25) is 0 Å². The summed E-state index contributed by atoms with van der Waals surface area (Å²) in [5.41, 5.74) is 5.88. The summed E-state index contributed by atoms with van der Waals surface area (Å²) >= 11 is 0. The molecule has 1 aromatic carbocycles. The molecular formula is C21H32O. The molecule has 2 fully saturated rings. The summed E-state index contributed by atoms with van der Waals surface area (Å²) in [6.45, 7) is 10.1. The fraction of sp³-hybridized carbons (Fsp3) is 0.714. The van der Waals surface area contributed by atoms with Crippen molar-refractivity contribution in [3.05, 3.63) is 34.4 Å². The van der Waals surface area contributed by atoms with Crippen molar-refractivity contribution in [3.8, 4) is 0 Å². The van der Waals surface area contributed by atoms with E-state index in [0.29, 0.717) is 12.0 Å². The van der Waals surface area contributed by atoms with Gasteiger partial charge in [0.1, 0.15) is 0 Å². The van der Waals surface area contributed by atoms with Gasteiger partial charge >= 0.3 is 0 Å². The Balaban J connectivity index is 1.61. The Morgan fingerprint density at radius 3 is 2.23 bits per heavy atom. The topological polar surface area (TPSA) is 9.23 Å². The lowest BCUT2D eigenvalue weighted by atomic mass is 9.77. The van der Waals surface area contributed by atoms with Gasteiger partial charge < -0.3 is 4.74 Å². The van der Waals surface area contributed by atoms with Crippen LogP contribution in [0.25, 0.3) is 0 Å². The summed E-state index contributed by atoms with van der Waals surface area (Å²) < 4.78 is 6.34. The second-order valence-electron chi connectivity index (χ2n) is 7.89. The van der Waals surface area contributed by atoms with E-state index in [0.717, 1.165) is 18.4 Å². The average Bonchev–Trinajstić information content (AvgIpc) is 2.54. The molecule has 2 atom stereocenters. The number of hydrogen-bond donors (Lipinski definition) is 0. The zero-order valence-electron chi connectivity index (χ0n) is 14.8. The molecule has 1 aliphatic heterocycles. The van der Waals surface area contributed by atoms with E-state index in [1.165, 1.54) is 60.8 Å². The van der Waals surface area contributed by atoms with Crippen LogP contribution in [0.2, 0.25) is 0 Å². The number of rotatable bonds is 2. The third-order valence-electron chi connectivity index (χ3n) is 6.44. The fourth-order valence-corrected chi connectivity index (χ4v) is 4.47. The van der Waals surface area contributed by atoms with Crippen LogP contribution >= 0.6 is 0 Å². The predicted octanol–water partition coefficient (Wildman–Crippen LogP) is 5.70. The Labute approximate surface area is 136 Å². The lowest BCUT2D eigenvalue weighted by Gasteiger charge is -2.37. The largest absolute Gasteiger partial charge is 0.377 e. The molecule has 3 rings (SSSR count). The standard InChI is InChI=1S/C21H32O/c1-14-5-8-18(9-6-14)21-12-10-19(13-22-21)20-11-7-15(2)16(3)17(20)4/h7,11,14,18-19,21H,5-6,8-10,12-13H2,1-4H3/t14?,18?,19-,21?/m1/s1. The van der Waals surface area contributed by atoms with Gasteiger partial charge in [0.2, 0.25) is 0 Å². The quantitative estimate of drug-likeness (QED) is 0.680. The molecule has 1 heteroatoms. The molecule has 122 valence electrons. The zero-order valence-corrected chi connectivity index (χ0v) is 14.8. The third kappa shape index (κ3) is 3.25. The van der Waals surface area contributed by atoms with E-state index < -0.39 is 0 Å². The van der Waals surface area contributed by atoms with Crippen LogP contribution in [0.1, 0.15) is 73.6 Å². The van der Waals surface area contributed by atoms with Crippen molar-refractivity contribution in [2.24, 2.45) is 11.8 Å². The second-order valence-corrected chi connectivity index (χ2v) is 7.89. The molecular weight excluding hydrogens is 268 g/mol. The van der Waals surface area contributed by atoms with Crippen LogP contribution < -0.4 is 0 Å². The average molecular weight is 300 g/mol. The summed E-state index contributed by atoms with van der Waals surface area (Å²) in [6.07, 6.45) is 8.69. The molecule has 0 radical (unpaired) electrons. The maximum absolute atomic E-state index is 6.34. The Morgan fingerprint density at radius 2 is 1.59 bits per heavy atom. The molecule has 1 heterocycles. The highest BCUT2D eigenvalue weighted by Gasteiger charge is 2.31. The Hall–Kier alpha value is -0.820. The normalized spacial score (nSPS) is 32.9. The van der Waals surface area contributed by atoms with E-state index >= 15 is 0 Å². The van der Waals surface area contributed by atoms with Gasteiger partial charge in [-0.1, -0.05) is 31.9 Å². The van der Waals surface area contributed by atoms with E-state index in [2.05, 4.69) is 39.8 Å². The van der Waals surface area contributed by atoms with Crippen LogP contribution in [0.15, 0.2) is 12.1 Å². The number of benzene rings is 1. The van der Waals surface area contributed by atoms with Crippen molar-refractivity contribution in [1.82, 2.24) is 0 Å². The van der Waals surface area contributed by atoms with Crippen molar-refractivity contribution >= 4 is 0 Å². The van der Waals surface area contributed by atoms with Gasteiger partial charge in [-0.05, 0) is 80.5 Å². The lowest BCUT2D eigenvalue weighted by Crippen LogP contribution is -2.33. The van der Waals surface area contributed by atoms with Crippen LogP contribution in [0.4, 0.5) is 0 Å². The molecule has 22 heavy (non-hydrogen) atoms. The number of hydrogen-bond acceptors (Lipinski definition) is 1. The van der Waals surface area contributed by atoms with Crippen LogP contribution in [0.3, 0.4) is 0 Å². The van der Waals surface area contributed by atoms with Crippen molar-refractivity contribution in [2.75, 3.05) is 6.61 Å². The number of aryl methyl sites for hydroxylation is 1. The second kappa shape index (κ2) is 6.74. The number of ether oxygens (including phenoxy) is 1. The summed E-state index contributed by atoms with van der Waals surface area (Å²) in [6, 6.07) is 4.63. The first-order valence-corrected chi connectivity index (χ1v) is 9.24. The smallest absolute Gasteiger partial charge is 0.0603 e. The van der Waals surface area contributed by atoms with Gasteiger partial charge in [0.05, 0.1) is 12.7 Å². The fourth-order valence-electron chi connectivity index (χ4n) is 4.47. The van der Waals surface area contributed by atoms with Gasteiger partial charge in [0.15, 0.2) is 0 Å². The van der Waals surface area contributed by atoms with Crippen molar-refractivity contribution in [1.29, 1.82) is 0 Å². The maximum atomic E-state index is 6.34. The summed E-state index contributed by atoms with van der Waals surface area (Å²) in [5.74, 6) is 2.38. The minimum absolute atomic E-state index is 0.538. The first kappa shape index (κ1) is 16.1. The molecule has 1 aromatic rings. The van der Waals surface area contributed by atoms with E-state index in [-0.39, 0.29) is 0 Å². The highest BCUT2D eigenvalue weighted by Crippen LogP contribution is 2.38. The molecule has 0 bridgehead atoms.